The molecule has 1 unspecified atom stereocenters. The van der Waals surface area contributed by atoms with Gasteiger partial charge < -0.3 is 14.2 Å². The van der Waals surface area contributed by atoms with Crippen LogP contribution in [0.2, 0.25) is 0 Å². The third kappa shape index (κ3) is 52.8. The smallest absolute Gasteiger partial charge is 0.310 e. The molecule has 6 heteroatoms. The molecule has 0 saturated heterocycles. The van der Waals surface area contributed by atoms with Crippen molar-refractivity contribution < 1.29 is 28.6 Å². The van der Waals surface area contributed by atoms with Crippen molar-refractivity contribution in [2.24, 2.45) is 0 Å². The number of allylic oxidation sites excluding steroid dienone is 19. The van der Waals surface area contributed by atoms with Crippen molar-refractivity contribution in [2.75, 3.05) is 13.2 Å². The Balaban J connectivity index is 4.35. The molecule has 0 saturated carbocycles. The predicted molar refractivity (Wildman–Crippen MR) is 293 cm³/mol. The first-order chi connectivity index (χ1) is 33.5. The van der Waals surface area contributed by atoms with Gasteiger partial charge in [-0.25, -0.2) is 0 Å². The number of rotatable bonds is 48. The number of carbonyl (C=O) groups excluding carboxylic acids is 3. The second-order valence-electron chi connectivity index (χ2n) is 17.7. The number of esters is 3. The Bertz CT molecular complexity index is 1450. The molecule has 0 aliphatic heterocycles. The number of ether oxygens (including phenoxy) is 3. The lowest BCUT2D eigenvalue weighted by Crippen LogP contribution is -2.30. The molecule has 0 heterocycles. The number of unbranched alkanes of at least 4 members (excludes halogenated alkanes) is 18. The lowest BCUT2D eigenvalue weighted by molar-refractivity contribution is -0.166. The molecule has 0 aliphatic rings. The zero-order valence-electron chi connectivity index (χ0n) is 43.8. The van der Waals surface area contributed by atoms with Gasteiger partial charge in [-0.15, -0.1) is 0 Å². The average Bonchev–Trinajstić information content (AvgIpc) is 3.34. The van der Waals surface area contributed by atoms with Gasteiger partial charge in [0.05, 0.1) is 6.42 Å². The summed E-state index contributed by atoms with van der Waals surface area (Å²) in [6, 6.07) is 0. The van der Waals surface area contributed by atoms with E-state index in [-0.39, 0.29) is 31.6 Å². The van der Waals surface area contributed by atoms with E-state index in [0.29, 0.717) is 19.3 Å². The summed E-state index contributed by atoms with van der Waals surface area (Å²) in [5, 5.41) is 0. The zero-order chi connectivity index (χ0) is 49.3. The van der Waals surface area contributed by atoms with E-state index in [1.54, 1.807) is 6.08 Å². The highest BCUT2D eigenvalue weighted by Gasteiger charge is 2.19. The van der Waals surface area contributed by atoms with Crippen molar-refractivity contribution >= 4 is 17.9 Å². The highest BCUT2D eigenvalue weighted by atomic mass is 16.6. The Morgan fingerprint density at radius 2 is 0.618 bits per heavy atom. The Kier molecular flexibility index (Phi) is 52.0. The molecule has 0 bridgehead atoms. The molecule has 0 N–H and O–H groups in total. The molecule has 0 spiro atoms. The van der Waals surface area contributed by atoms with Crippen LogP contribution in [0.5, 0.6) is 0 Å². The van der Waals surface area contributed by atoms with Crippen LogP contribution >= 0.6 is 0 Å². The molecular formula is C62H100O6. The van der Waals surface area contributed by atoms with Crippen molar-refractivity contribution in [3.63, 3.8) is 0 Å². The molecule has 6 nitrogen and oxygen atoms in total. The van der Waals surface area contributed by atoms with Gasteiger partial charge in [0.15, 0.2) is 6.10 Å². The summed E-state index contributed by atoms with van der Waals surface area (Å²) >= 11 is 0. The summed E-state index contributed by atoms with van der Waals surface area (Å²) in [7, 11) is 0. The molecule has 0 aromatic carbocycles. The van der Waals surface area contributed by atoms with Gasteiger partial charge in [0.2, 0.25) is 0 Å². The van der Waals surface area contributed by atoms with Crippen LogP contribution in [0.15, 0.2) is 122 Å². The molecule has 0 aliphatic carbocycles. The van der Waals surface area contributed by atoms with Gasteiger partial charge in [-0.3, -0.25) is 14.4 Å². The Hall–Kier alpha value is -4.19. The minimum atomic E-state index is -0.838. The van der Waals surface area contributed by atoms with Gasteiger partial charge in [-0.2, -0.15) is 0 Å². The average molecular weight is 941 g/mol. The fraction of sp³-hybridized carbons (Fsp3) is 0.629. The largest absolute Gasteiger partial charge is 0.462 e. The summed E-state index contributed by atoms with van der Waals surface area (Å²) in [4.78, 5) is 37.9. The Labute approximate surface area is 418 Å². The number of carbonyl (C=O) groups is 3. The Morgan fingerprint density at radius 1 is 0.324 bits per heavy atom. The maximum absolute atomic E-state index is 12.7. The summed E-state index contributed by atoms with van der Waals surface area (Å²) in [5.74, 6) is -1.07. The second kappa shape index (κ2) is 55.4. The van der Waals surface area contributed by atoms with Gasteiger partial charge in [0.1, 0.15) is 13.2 Å². The maximum Gasteiger partial charge on any atom is 0.310 e. The molecule has 0 aromatic heterocycles. The van der Waals surface area contributed by atoms with Crippen molar-refractivity contribution in [2.45, 2.75) is 239 Å². The monoisotopic (exact) mass is 941 g/mol. The van der Waals surface area contributed by atoms with Crippen LogP contribution < -0.4 is 0 Å². The highest BCUT2D eigenvalue weighted by Crippen LogP contribution is 2.14. The highest BCUT2D eigenvalue weighted by molar-refractivity contribution is 5.72. The van der Waals surface area contributed by atoms with Gasteiger partial charge in [0, 0.05) is 12.8 Å². The minimum absolute atomic E-state index is 0.0913. The summed E-state index contributed by atoms with van der Waals surface area (Å²) in [5.41, 5.74) is 0. The van der Waals surface area contributed by atoms with Gasteiger partial charge in [-0.1, -0.05) is 232 Å². The summed E-state index contributed by atoms with van der Waals surface area (Å²) in [6.07, 6.45) is 76.6. The van der Waals surface area contributed by atoms with Crippen LogP contribution in [0.1, 0.15) is 233 Å². The van der Waals surface area contributed by atoms with E-state index in [9.17, 15) is 14.4 Å². The van der Waals surface area contributed by atoms with Crippen molar-refractivity contribution in [3.05, 3.63) is 122 Å². The first-order valence-corrected chi connectivity index (χ1v) is 27.5. The Morgan fingerprint density at radius 3 is 0.985 bits per heavy atom. The third-order valence-corrected chi connectivity index (χ3v) is 11.2. The van der Waals surface area contributed by atoms with Gasteiger partial charge in [0.25, 0.3) is 0 Å². The zero-order valence-corrected chi connectivity index (χ0v) is 43.8. The molecule has 68 heavy (non-hydrogen) atoms. The lowest BCUT2D eigenvalue weighted by Gasteiger charge is -2.18. The maximum atomic E-state index is 12.7. The molecular weight excluding hydrogens is 841 g/mol. The van der Waals surface area contributed by atoms with Crippen LogP contribution in [0, 0.1) is 0 Å². The normalized spacial score (nSPS) is 13.0. The van der Waals surface area contributed by atoms with E-state index in [0.717, 1.165) is 109 Å². The fourth-order valence-electron chi connectivity index (χ4n) is 7.16. The van der Waals surface area contributed by atoms with Crippen molar-refractivity contribution in [3.8, 4) is 0 Å². The number of hydrogen-bond donors (Lipinski definition) is 0. The minimum Gasteiger partial charge on any atom is -0.462 e. The van der Waals surface area contributed by atoms with E-state index in [2.05, 4.69) is 130 Å². The van der Waals surface area contributed by atoms with E-state index in [4.69, 9.17) is 14.2 Å². The predicted octanol–water partition coefficient (Wildman–Crippen LogP) is 18.5. The van der Waals surface area contributed by atoms with Crippen LogP contribution in [0.4, 0.5) is 0 Å². The number of hydrogen-bond acceptors (Lipinski definition) is 6. The van der Waals surface area contributed by atoms with Crippen LogP contribution in [0.25, 0.3) is 0 Å². The molecule has 0 amide bonds. The van der Waals surface area contributed by atoms with Crippen molar-refractivity contribution in [1.29, 1.82) is 0 Å². The summed E-state index contributed by atoms with van der Waals surface area (Å²) in [6.45, 7) is 6.25. The van der Waals surface area contributed by atoms with E-state index >= 15 is 0 Å². The van der Waals surface area contributed by atoms with Crippen LogP contribution in [-0.4, -0.2) is 37.2 Å². The quantitative estimate of drug-likeness (QED) is 0.0262. The standard InChI is InChI=1S/C62H100O6/c1-4-7-10-13-16-19-22-24-26-27-28-29-30-31-32-33-34-35-37-38-40-43-46-49-52-55-61(64)67-58-59(57-66-60(63)54-51-48-45-42-21-18-15-12-9-6-3)68-62(65)56-53-50-47-44-41-39-36-25-23-20-17-14-11-8-5-2/h7-8,10-12,15-17,19-20,24-26,28-29,36,41,44,50,53,59H,4-6,9,13-14,18,21-23,27,30-35,37-40,42-43,45-49,51-52,54-58H2,1-3H3/b10-7-,11-8-,15-12-,19-16-,20-17-,26-24-,29-28-,36-25-,44-41-,53-50-. The first kappa shape index (κ1) is 63.8. The topological polar surface area (TPSA) is 78.9 Å². The molecule has 0 radical (unpaired) electrons. The summed E-state index contributed by atoms with van der Waals surface area (Å²) < 4.78 is 16.7. The van der Waals surface area contributed by atoms with E-state index in [1.807, 2.05) is 6.08 Å². The molecule has 0 rings (SSSR count). The SMILES string of the molecule is CC/C=C\C/C=C\C/C=C\C/C=C\C/C=C\CC(=O)OC(COC(=O)CCCCCCC/C=C\CCC)COC(=O)CCCCCCCCCCCCCC/C=C\C/C=C\C/C=C\C/C=C\CC. The van der Waals surface area contributed by atoms with E-state index < -0.39 is 12.1 Å². The first-order valence-electron chi connectivity index (χ1n) is 27.5. The van der Waals surface area contributed by atoms with Crippen LogP contribution in [-0.2, 0) is 28.6 Å². The fourth-order valence-corrected chi connectivity index (χ4v) is 7.16. The third-order valence-electron chi connectivity index (χ3n) is 11.2. The van der Waals surface area contributed by atoms with Gasteiger partial charge >= 0.3 is 17.9 Å². The lowest BCUT2D eigenvalue weighted by atomic mass is 10.0. The molecule has 0 fully saturated rings. The van der Waals surface area contributed by atoms with Crippen molar-refractivity contribution in [1.82, 2.24) is 0 Å². The van der Waals surface area contributed by atoms with Crippen LogP contribution in [0.3, 0.4) is 0 Å². The van der Waals surface area contributed by atoms with Gasteiger partial charge in [-0.05, 0) is 103 Å². The molecule has 0 aromatic rings. The van der Waals surface area contributed by atoms with E-state index in [1.165, 1.54) is 77.0 Å². The molecule has 1 atom stereocenters. The molecule has 384 valence electrons. The second-order valence-corrected chi connectivity index (χ2v) is 17.7.